The van der Waals surface area contributed by atoms with E-state index in [4.69, 9.17) is 9.84 Å². The molecule has 0 aromatic heterocycles. The van der Waals surface area contributed by atoms with Gasteiger partial charge >= 0.3 is 0 Å². The molecule has 1 aromatic carbocycles. The molecule has 0 unspecified atom stereocenters. The van der Waals surface area contributed by atoms with Gasteiger partial charge in [0.05, 0.1) is 6.61 Å². The Morgan fingerprint density at radius 2 is 1.78 bits per heavy atom. The molecule has 0 saturated heterocycles. The topological polar surface area (TPSA) is 63.6 Å². The Labute approximate surface area is 104 Å². The summed E-state index contributed by atoms with van der Waals surface area (Å²) in [6, 6.07) is 9.32. The molecule has 0 amide bonds. The van der Waals surface area contributed by atoms with Crippen molar-refractivity contribution in [2.45, 2.75) is 6.61 Å². The molecule has 4 nitrogen and oxygen atoms in total. The number of carbonyl (C=O) groups is 2. The number of hydrogen-bond donors (Lipinski definition) is 1. The molecule has 18 heavy (non-hydrogen) atoms. The van der Waals surface area contributed by atoms with E-state index in [2.05, 4.69) is 0 Å². The first-order valence-electron chi connectivity index (χ1n) is 5.49. The van der Waals surface area contributed by atoms with Gasteiger partial charge in [0.2, 0.25) is 5.78 Å². The Bertz CT molecular complexity index is 526. The second-order valence-corrected chi connectivity index (χ2v) is 3.84. The molecule has 0 spiro atoms. The predicted octanol–water partition coefficient (Wildman–Crippen LogP) is 1.16. The fraction of sp³-hybridized carbons (Fsp3) is 0.143. The van der Waals surface area contributed by atoms with E-state index < -0.39 is 12.4 Å². The third-order valence-electron chi connectivity index (χ3n) is 2.51. The minimum Gasteiger partial charge on any atom is -0.485 e. The Balaban J connectivity index is 2.06. The van der Waals surface area contributed by atoms with Gasteiger partial charge in [-0.25, -0.2) is 0 Å². The van der Waals surface area contributed by atoms with Crippen LogP contribution >= 0.6 is 0 Å². The van der Waals surface area contributed by atoms with Crippen LogP contribution in [0.5, 0.6) is 0 Å². The molecule has 92 valence electrons. The van der Waals surface area contributed by atoms with E-state index in [0.717, 1.165) is 17.7 Å². The molecule has 0 aliphatic heterocycles. The van der Waals surface area contributed by atoms with E-state index in [-0.39, 0.29) is 23.7 Å². The van der Waals surface area contributed by atoms with Gasteiger partial charge in [0, 0.05) is 11.6 Å². The van der Waals surface area contributed by atoms with Crippen LogP contribution in [-0.2, 0) is 20.9 Å². The van der Waals surface area contributed by atoms with Gasteiger partial charge in [0.1, 0.15) is 6.61 Å². The number of ketones is 2. The van der Waals surface area contributed by atoms with E-state index in [1.807, 2.05) is 30.3 Å². The molecule has 0 heterocycles. The van der Waals surface area contributed by atoms with E-state index in [1.54, 1.807) is 0 Å². The number of ether oxygens (including phenoxy) is 1. The molecule has 1 aliphatic carbocycles. The fourth-order valence-electron chi connectivity index (χ4n) is 1.59. The standard InChI is InChI=1S/C14H12O4/c15-8-11-6-12(16)7-13(14(11)17)18-9-10-4-2-1-3-5-10/h1-7,15H,8-9H2. The second-order valence-electron chi connectivity index (χ2n) is 3.84. The van der Waals surface area contributed by atoms with Crippen LogP contribution in [-0.4, -0.2) is 23.3 Å². The molecule has 0 atom stereocenters. The summed E-state index contributed by atoms with van der Waals surface area (Å²) in [5.41, 5.74) is 0.962. The van der Waals surface area contributed by atoms with E-state index in [1.165, 1.54) is 0 Å². The molecule has 0 bridgehead atoms. The van der Waals surface area contributed by atoms with Gasteiger partial charge in [0.15, 0.2) is 11.5 Å². The lowest BCUT2D eigenvalue weighted by molar-refractivity contribution is -0.118. The Kier molecular flexibility index (Phi) is 3.69. The first kappa shape index (κ1) is 12.3. The molecule has 0 saturated carbocycles. The maximum Gasteiger partial charge on any atom is 0.226 e. The van der Waals surface area contributed by atoms with Crippen LogP contribution in [0.3, 0.4) is 0 Å². The fourth-order valence-corrected chi connectivity index (χ4v) is 1.59. The molecular formula is C14H12O4. The average Bonchev–Trinajstić information content (AvgIpc) is 2.40. The maximum absolute atomic E-state index is 11.7. The van der Waals surface area contributed by atoms with E-state index in [0.29, 0.717) is 0 Å². The third-order valence-corrected chi connectivity index (χ3v) is 2.51. The lowest BCUT2D eigenvalue weighted by Crippen LogP contribution is -2.18. The van der Waals surface area contributed by atoms with Crippen molar-refractivity contribution in [3.63, 3.8) is 0 Å². The van der Waals surface area contributed by atoms with E-state index >= 15 is 0 Å². The zero-order valence-corrected chi connectivity index (χ0v) is 9.63. The summed E-state index contributed by atoms with van der Waals surface area (Å²) in [7, 11) is 0. The maximum atomic E-state index is 11.7. The number of aliphatic hydroxyl groups excluding tert-OH is 1. The van der Waals surface area contributed by atoms with Crippen molar-refractivity contribution in [3.8, 4) is 0 Å². The smallest absolute Gasteiger partial charge is 0.226 e. The lowest BCUT2D eigenvalue weighted by atomic mass is 10.0. The summed E-state index contributed by atoms with van der Waals surface area (Å²) in [5, 5.41) is 8.96. The number of aliphatic hydroxyl groups is 1. The highest BCUT2D eigenvalue weighted by molar-refractivity contribution is 6.19. The number of benzene rings is 1. The number of Topliss-reactive ketones (excluding diaryl/α,β-unsaturated/α-hetero) is 1. The van der Waals surface area contributed by atoms with Crippen molar-refractivity contribution in [2.75, 3.05) is 6.61 Å². The van der Waals surface area contributed by atoms with Crippen molar-refractivity contribution in [3.05, 3.63) is 59.4 Å². The summed E-state index contributed by atoms with van der Waals surface area (Å²) >= 11 is 0. The zero-order chi connectivity index (χ0) is 13.0. The van der Waals surface area contributed by atoms with Crippen LogP contribution in [0.2, 0.25) is 0 Å². The summed E-state index contributed by atoms with van der Waals surface area (Å²) < 4.78 is 5.32. The molecule has 1 aliphatic rings. The van der Waals surface area contributed by atoms with Crippen molar-refractivity contribution >= 4 is 11.6 Å². The molecule has 0 fully saturated rings. The average molecular weight is 244 g/mol. The van der Waals surface area contributed by atoms with Gasteiger partial charge in [-0.1, -0.05) is 30.3 Å². The van der Waals surface area contributed by atoms with Gasteiger partial charge < -0.3 is 9.84 Å². The summed E-state index contributed by atoms with van der Waals surface area (Å²) in [5.74, 6) is -0.801. The zero-order valence-electron chi connectivity index (χ0n) is 9.63. The third kappa shape index (κ3) is 2.73. The molecule has 0 radical (unpaired) electrons. The minimum atomic E-state index is -0.462. The van der Waals surface area contributed by atoms with Crippen LogP contribution in [0.4, 0.5) is 0 Å². The quantitative estimate of drug-likeness (QED) is 0.807. The molecule has 1 N–H and O–H groups in total. The lowest BCUT2D eigenvalue weighted by Gasteiger charge is -2.13. The number of allylic oxidation sites excluding steroid dienone is 3. The van der Waals surface area contributed by atoms with Gasteiger partial charge in [-0.2, -0.15) is 0 Å². The van der Waals surface area contributed by atoms with Crippen LogP contribution < -0.4 is 0 Å². The van der Waals surface area contributed by atoms with E-state index in [9.17, 15) is 9.59 Å². The summed E-state index contributed by atoms with van der Waals surface area (Å²) in [4.78, 5) is 23.1. The van der Waals surface area contributed by atoms with Crippen LogP contribution in [0, 0.1) is 0 Å². The highest BCUT2D eigenvalue weighted by atomic mass is 16.5. The Morgan fingerprint density at radius 1 is 1.06 bits per heavy atom. The second kappa shape index (κ2) is 5.42. The Morgan fingerprint density at radius 3 is 2.44 bits per heavy atom. The van der Waals surface area contributed by atoms with Gasteiger partial charge in [-0.05, 0) is 11.6 Å². The van der Waals surface area contributed by atoms with Crippen LogP contribution in [0.1, 0.15) is 5.56 Å². The number of rotatable bonds is 4. The highest BCUT2D eigenvalue weighted by Gasteiger charge is 2.22. The monoisotopic (exact) mass is 244 g/mol. The van der Waals surface area contributed by atoms with Crippen molar-refractivity contribution < 1.29 is 19.4 Å². The van der Waals surface area contributed by atoms with Gasteiger partial charge in [-0.3, -0.25) is 9.59 Å². The SMILES string of the molecule is O=C1C=C(CO)C(=O)C(OCc2ccccc2)=C1. The Hall–Kier alpha value is -2.20. The largest absolute Gasteiger partial charge is 0.485 e. The minimum absolute atomic E-state index is 0.0181. The first-order chi connectivity index (χ1) is 8.70. The summed E-state index contributed by atoms with van der Waals surface area (Å²) in [6.07, 6.45) is 2.27. The summed E-state index contributed by atoms with van der Waals surface area (Å²) in [6.45, 7) is -0.249. The highest BCUT2D eigenvalue weighted by Crippen LogP contribution is 2.15. The number of hydrogen-bond acceptors (Lipinski definition) is 4. The van der Waals surface area contributed by atoms with Gasteiger partial charge in [-0.15, -0.1) is 0 Å². The molecule has 2 rings (SSSR count). The van der Waals surface area contributed by atoms with Crippen molar-refractivity contribution in [1.29, 1.82) is 0 Å². The molecular weight excluding hydrogens is 232 g/mol. The normalized spacial score (nSPS) is 15.2. The van der Waals surface area contributed by atoms with Crippen LogP contribution in [0.25, 0.3) is 0 Å². The molecule has 4 heteroatoms. The first-order valence-corrected chi connectivity index (χ1v) is 5.49. The molecule has 1 aromatic rings. The van der Waals surface area contributed by atoms with Crippen molar-refractivity contribution in [2.24, 2.45) is 0 Å². The van der Waals surface area contributed by atoms with Gasteiger partial charge in [0.25, 0.3) is 0 Å². The number of carbonyl (C=O) groups excluding carboxylic acids is 2. The van der Waals surface area contributed by atoms with Crippen molar-refractivity contribution in [1.82, 2.24) is 0 Å². The predicted molar refractivity (Wildman–Crippen MR) is 64.5 cm³/mol. The van der Waals surface area contributed by atoms with Crippen LogP contribution in [0.15, 0.2) is 53.8 Å².